The van der Waals surface area contributed by atoms with Gasteiger partial charge in [-0.2, -0.15) is 0 Å². The van der Waals surface area contributed by atoms with Gasteiger partial charge < -0.3 is 0 Å². The average molecular weight is 1020 g/mol. The van der Waals surface area contributed by atoms with E-state index in [4.69, 9.17) is 0 Å². The molecule has 0 heterocycles. The highest BCUT2D eigenvalue weighted by Gasteiger charge is 2.64. The molecule has 0 spiro atoms. The van der Waals surface area contributed by atoms with Gasteiger partial charge in [-0.25, -0.2) is 0 Å². The van der Waals surface area contributed by atoms with E-state index in [2.05, 4.69) is 270 Å². The van der Waals surface area contributed by atoms with Crippen LogP contribution in [0.4, 0.5) is 0 Å². The summed E-state index contributed by atoms with van der Waals surface area (Å²) in [6.45, 7) is 44.1. The van der Waals surface area contributed by atoms with Crippen molar-refractivity contribution < 1.29 is 0 Å². The molecule has 4 heteroatoms. The van der Waals surface area contributed by atoms with Crippen LogP contribution in [0, 0.1) is 111 Å². The summed E-state index contributed by atoms with van der Waals surface area (Å²) in [5.74, 6) is 0. The third-order valence-corrected chi connectivity index (χ3v) is 33.3. The van der Waals surface area contributed by atoms with E-state index < -0.39 is 41.5 Å². The number of benzene rings is 8. The Balaban J connectivity index is 1.81. The van der Waals surface area contributed by atoms with Crippen molar-refractivity contribution in [1.29, 1.82) is 0 Å². The Morgan fingerprint density at radius 3 is 0.417 bits per heavy atom. The summed E-state index contributed by atoms with van der Waals surface area (Å²) in [6, 6.07) is 58.3. The lowest BCUT2D eigenvalue weighted by molar-refractivity contribution is 0.780. The van der Waals surface area contributed by atoms with Crippen LogP contribution in [0.2, 0.25) is 0 Å². The second-order valence-electron chi connectivity index (χ2n) is 21.1. The van der Waals surface area contributed by atoms with E-state index in [0.29, 0.717) is 0 Å². The molecule has 0 aromatic heterocycles. The van der Waals surface area contributed by atoms with Crippen LogP contribution >= 0.6 is 31.7 Å². The zero-order chi connectivity index (χ0) is 52.1. The van der Waals surface area contributed by atoms with Crippen LogP contribution in [0.3, 0.4) is 0 Å². The van der Waals surface area contributed by atoms with E-state index in [1.165, 1.54) is 131 Å². The van der Waals surface area contributed by atoms with Gasteiger partial charge in [0.05, 0.1) is 0 Å². The fourth-order valence-corrected chi connectivity index (χ4v) is 30.3. The lowest BCUT2D eigenvalue weighted by Crippen LogP contribution is -2.57. The molecule has 72 heavy (non-hydrogen) atoms. The maximum Gasteiger partial charge on any atom is 0.0383 e. The molecule has 0 saturated heterocycles. The topological polar surface area (TPSA) is 0 Å². The van der Waals surface area contributed by atoms with Gasteiger partial charge in [0.1, 0.15) is 0 Å². The van der Waals surface area contributed by atoms with Crippen molar-refractivity contribution in [3.63, 3.8) is 0 Å². The maximum absolute atomic E-state index is 2.88. The van der Waals surface area contributed by atoms with Crippen molar-refractivity contribution in [3.05, 3.63) is 235 Å². The molecule has 0 atom stereocenters. The first kappa shape index (κ1) is 53.8. The fraction of sp³-hybridized carbons (Fsp3) is 0.294. The molecule has 370 valence electrons. The molecule has 0 N–H and O–H groups in total. The largest absolute Gasteiger partial charge is 0.0613 e. The summed E-state index contributed by atoms with van der Waals surface area (Å²) in [5.41, 5.74) is 22.2. The highest BCUT2D eigenvalue weighted by atomic mass is 31.2. The van der Waals surface area contributed by atoms with Crippen molar-refractivity contribution in [2.75, 3.05) is 0 Å². The molecule has 0 amide bonds. The standard InChI is InChI=1S/C68H78P4/c1-43-27-19-35-59(51(43)9)69(60-36-20-28-44(2)52(60)10)67(17,70(61-37-21-29-45(3)53(61)11)62-38-22-30-46(4)54(62)12)68(18,71(63-39-23-31-47(5)55(63)13)64-40-24-32-48(6)56(64)14)72(65-41-25-33-49(7)57(65)15)66-42-26-34-50(8)58(66)16/h19-42H,1-18H3. The molecule has 8 aromatic carbocycles. The monoisotopic (exact) mass is 1020 g/mol. The lowest BCUT2D eigenvalue weighted by atomic mass is 10.1. The number of rotatable bonds is 13. The number of hydrogen-bond donors (Lipinski definition) is 0. The summed E-state index contributed by atoms with van der Waals surface area (Å²) in [4.78, 5) is -0.940. The molecular formula is C68H78P4. The molecule has 0 aliphatic carbocycles. The molecule has 8 aromatic rings. The molecule has 0 fully saturated rings. The van der Waals surface area contributed by atoms with Crippen LogP contribution in [0.1, 0.15) is 103 Å². The van der Waals surface area contributed by atoms with Gasteiger partial charge in [0, 0.05) is 9.79 Å². The minimum atomic E-state index is -1.22. The Kier molecular flexibility index (Phi) is 16.0. The molecule has 0 aliphatic heterocycles. The summed E-state index contributed by atoms with van der Waals surface area (Å²) >= 11 is 0. The van der Waals surface area contributed by atoms with Gasteiger partial charge in [-0.1, -0.05) is 146 Å². The van der Waals surface area contributed by atoms with Crippen LogP contribution in [0.5, 0.6) is 0 Å². The Bertz CT molecular complexity index is 2690. The maximum atomic E-state index is 2.88. The Labute approximate surface area is 440 Å². The first-order valence-electron chi connectivity index (χ1n) is 25.9. The Hall–Kier alpha value is -4.52. The van der Waals surface area contributed by atoms with E-state index in [1.54, 1.807) is 0 Å². The third-order valence-electron chi connectivity index (χ3n) is 17.2. The quantitative estimate of drug-likeness (QED) is 0.101. The Morgan fingerprint density at radius 2 is 0.306 bits per heavy atom. The van der Waals surface area contributed by atoms with E-state index in [-0.39, 0.29) is 0 Å². The minimum absolute atomic E-state index is 0.470. The highest BCUT2D eigenvalue weighted by molar-refractivity contribution is 7.98. The van der Waals surface area contributed by atoms with Gasteiger partial charge in [0.25, 0.3) is 0 Å². The van der Waals surface area contributed by atoms with Gasteiger partial charge in [-0.3, -0.25) is 0 Å². The lowest BCUT2D eigenvalue weighted by Gasteiger charge is -2.62. The van der Waals surface area contributed by atoms with E-state index in [1.807, 2.05) is 0 Å². The second-order valence-corrected chi connectivity index (χ2v) is 32.0. The predicted octanol–water partition coefficient (Wildman–Crippen LogP) is 15.9. The molecule has 0 saturated carbocycles. The van der Waals surface area contributed by atoms with Gasteiger partial charge >= 0.3 is 0 Å². The molecule has 0 bridgehead atoms. The van der Waals surface area contributed by atoms with Gasteiger partial charge in [-0.05, 0) is 288 Å². The van der Waals surface area contributed by atoms with E-state index in [0.717, 1.165) is 0 Å². The zero-order valence-corrected chi connectivity index (χ0v) is 50.2. The SMILES string of the molecule is Cc1cccc(P(c2cccc(C)c2C)C(C)(P(c2cccc(C)c2C)c2cccc(C)c2C)C(C)(P(c2cccc(C)c2C)c2cccc(C)c2C)P(c2cccc(C)c2C)c2cccc(C)c2C)c1C. The smallest absolute Gasteiger partial charge is 0.0383 e. The van der Waals surface area contributed by atoms with Crippen LogP contribution < -0.4 is 42.4 Å². The average Bonchev–Trinajstić information content (AvgIpc) is 3.34. The van der Waals surface area contributed by atoms with Crippen molar-refractivity contribution in [1.82, 2.24) is 0 Å². The van der Waals surface area contributed by atoms with Crippen LogP contribution in [0.15, 0.2) is 146 Å². The molecule has 0 unspecified atom stereocenters. The summed E-state index contributed by atoms with van der Waals surface area (Å²) in [7, 11) is -4.89. The first-order valence-corrected chi connectivity index (χ1v) is 31.3. The molecule has 0 aliphatic rings. The predicted molar refractivity (Wildman–Crippen MR) is 329 cm³/mol. The molecule has 0 nitrogen and oxygen atoms in total. The normalized spacial score (nSPS) is 12.2. The number of aryl methyl sites for hydroxylation is 8. The van der Waals surface area contributed by atoms with Gasteiger partial charge in [0.2, 0.25) is 0 Å². The zero-order valence-electron chi connectivity index (χ0n) is 46.6. The first-order chi connectivity index (χ1) is 34.2. The van der Waals surface area contributed by atoms with Crippen molar-refractivity contribution in [3.8, 4) is 0 Å². The van der Waals surface area contributed by atoms with Crippen LogP contribution in [-0.2, 0) is 0 Å². The highest BCUT2D eigenvalue weighted by Crippen LogP contribution is 2.83. The number of hydrogen-bond acceptors (Lipinski definition) is 0. The van der Waals surface area contributed by atoms with Crippen molar-refractivity contribution in [2.24, 2.45) is 0 Å². The summed E-state index contributed by atoms with van der Waals surface area (Å²) in [5, 5.41) is 12.0. The molecule has 8 rings (SSSR count). The second kappa shape index (κ2) is 21.4. The Morgan fingerprint density at radius 1 is 0.194 bits per heavy atom. The summed E-state index contributed by atoms with van der Waals surface area (Å²) in [6.07, 6.45) is 0. The van der Waals surface area contributed by atoms with Crippen LogP contribution in [-0.4, -0.2) is 9.79 Å². The van der Waals surface area contributed by atoms with Gasteiger partial charge in [0.15, 0.2) is 0 Å². The minimum Gasteiger partial charge on any atom is -0.0613 e. The molecular weight excluding hydrogens is 941 g/mol. The fourth-order valence-electron chi connectivity index (χ4n) is 11.3. The van der Waals surface area contributed by atoms with Gasteiger partial charge in [-0.15, -0.1) is 0 Å². The van der Waals surface area contributed by atoms with Crippen LogP contribution in [0.25, 0.3) is 0 Å². The van der Waals surface area contributed by atoms with Crippen molar-refractivity contribution in [2.45, 2.75) is 134 Å². The van der Waals surface area contributed by atoms with Crippen molar-refractivity contribution >= 4 is 74.1 Å². The summed E-state index contributed by atoms with van der Waals surface area (Å²) < 4.78 is 0. The van der Waals surface area contributed by atoms with E-state index in [9.17, 15) is 0 Å². The third kappa shape index (κ3) is 9.15. The molecule has 0 radical (unpaired) electrons. The van der Waals surface area contributed by atoms with E-state index >= 15 is 0 Å².